The van der Waals surface area contributed by atoms with Crippen LogP contribution in [0.4, 0.5) is 0 Å². The van der Waals surface area contributed by atoms with Crippen molar-refractivity contribution in [1.82, 2.24) is 0 Å². The van der Waals surface area contributed by atoms with Crippen LogP contribution in [0.15, 0.2) is 24.3 Å². The fourth-order valence-corrected chi connectivity index (χ4v) is 4.63. The van der Waals surface area contributed by atoms with Gasteiger partial charge in [0.2, 0.25) is 0 Å². The zero-order valence-electron chi connectivity index (χ0n) is 11.5. The summed E-state index contributed by atoms with van der Waals surface area (Å²) in [5.41, 5.74) is 0.352. The fourth-order valence-electron chi connectivity index (χ4n) is 4.63. The molecule has 4 unspecified atom stereocenters. The lowest BCUT2D eigenvalue weighted by Crippen LogP contribution is -2.52. The van der Waals surface area contributed by atoms with E-state index in [0.717, 1.165) is 31.2 Å². The molecule has 1 N–H and O–H groups in total. The van der Waals surface area contributed by atoms with Gasteiger partial charge in [0.1, 0.15) is 11.0 Å². The first kappa shape index (κ1) is 12.4. The summed E-state index contributed by atoms with van der Waals surface area (Å²) in [5.74, 6) is 0. The summed E-state index contributed by atoms with van der Waals surface area (Å²) in [4.78, 5) is 0. The van der Waals surface area contributed by atoms with Crippen molar-refractivity contribution < 1.29 is 9.84 Å². The van der Waals surface area contributed by atoms with Gasteiger partial charge in [0, 0.05) is 0 Å². The third-order valence-corrected chi connectivity index (χ3v) is 5.59. The third kappa shape index (κ3) is 1.36. The van der Waals surface area contributed by atoms with Crippen molar-refractivity contribution >= 4 is 0 Å². The molecule has 20 heavy (non-hydrogen) atoms. The molecule has 0 radical (unpaired) electrons. The molecule has 2 fully saturated rings. The van der Waals surface area contributed by atoms with Crippen LogP contribution in [0.1, 0.15) is 43.2 Å². The van der Waals surface area contributed by atoms with E-state index >= 15 is 0 Å². The largest absolute Gasteiger partial charge is 0.383 e. The maximum Gasteiger partial charge on any atom is 0.119 e. The van der Waals surface area contributed by atoms with Crippen LogP contribution in [0, 0.1) is 16.7 Å². The van der Waals surface area contributed by atoms with E-state index in [0.29, 0.717) is 12.8 Å². The van der Waals surface area contributed by atoms with E-state index in [4.69, 9.17) is 4.74 Å². The van der Waals surface area contributed by atoms with Crippen LogP contribution in [-0.4, -0.2) is 17.3 Å². The maximum atomic E-state index is 11.5. The molecule has 3 nitrogen and oxygen atoms in total. The molecule has 4 rings (SSSR count). The van der Waals surface area contributed by atoms with Crippen LogP contribution in [-0.2, 0) is 16.8 Å². The van der Waals surface area contributed by atoms with Gasteiger partial charge in [0.15, 0.2) is 0 Å². The quantitative estimate of drug-likeness (QED) is 0.852. The van der Waals surface area contributed by atoms with Crippen molar-refractivity contribution in [3.05, 3.63) is 35.4 Å². The zero-order chi connectivity index (χ0) is 13.8. The molecule has 1 aliphatic carbocycles. The Balaban J connectivity index is 1.87. The van der Waals surface area contributed by atoms with Gasteiger partial charge in [-0.3, -0.25) is 0 Å². The highest BCUT2D eigenvalue weighted by Gasteiger charge is 2.64. The molecular weight excluding hydrogens is 250 g/mol. The average molecular weight is 269 g/mol. The first-order valence-corrected chi connectivity index (χ1v) is 7.57. The van der Waals surface area contributed by atoms with Gasteiger partial charge in [-0.1, -0.05) is 24.3 Å². The number of nitriles is 1. The van der Waals surface area contributed by atoms with Gasteiger partial charge in [0.05, 0.1) is 18.3 Å². The lowest BCUT2D eigenvalue weighted by atomic mass is 9.58. The minimum absolute atomic E-state index is 0.103. The molecule has 0 spiro atoms. The molecule has 1 aromatic carbocycles. The average Bonchev–Trinajstić information content (AvgIpc) is 3.09. The Morgan fingerprint density at radius 2 is 2.15 bits per heavy atom. The van der Waals surface area contributed by atoms with Crippen molar-refractivity contribution in [2.75, 3.05) is 0 Å². The first-order valence-electron chi connectivity index (χ1n) is 7.57. The lowest BCUT2D eigenvalue weighted by molar-refractivity contribution is -0.102. The topological polar surface area (TPSA) is 53.2 Å². The Morgan fingerprint density at radius 3 is 2.85 bits per heavy atom. The van der Waals surface area contributed by atoms with Crippen molar-refractivity contribution in [3.63, 3.8) is 0 Å². The Morgan fingerprint density at radius 1 is 1.30 bits per heavy atom. The minimum Gasteiger partial charge on any atom is -0.383 e. The number of rotatable bonds is 1. The van der Waals surface area contributed by atoms with E-state index in [1.807, 2.05) is 18.2 Å². The van der Waals surface area contributed by atoms with Gasteiger partial charge in [-0.15, -0.1) is 0 Å². The number of hydrogen-bond acceptors (Lipinski definition) is 3. The second-order valence-electron chi connectivity index (χ2n) is 6.48. The molecule has 0 saturated carbocycles. The highest BCUT2D eigenvalue weighted by molar-refractivity contribution is 5.40. The van der Waals surface area contributed by atoms with E-state index in [2.05, 4.69) is 12.1 Å². The molecular formula is C17H19NO2. The van der Waals surface area contributed by atoms with Crippen LogP contribution in [0.2, 0.25) is 0 Å². The van der Waals surface area contributed by atoms with Crippen LogP contribution < -0.4 is 0 Å². The summed E-state index contributed by atoms with van der Waals surface area (Å²) >= 11 is 0. The summed E-state index contributed by atoms with van der Waals surface area (Å²) in [7, 11) is 0. The summed E-state index contributed by atoms with van der Waals surface area (Å²) in [6.07, 6.45) is 5.28. The van der Waals surface area contributed by atoms with Crippen LogP contribution in [0.3, 0.4) is 0 Å². The van der Waals surface area contributed by atoms with Crippen molar-refractivity contribution in [1.29, 1.82) is 5.26 Å². The first-order chi connectivity index (χ1) is 9.69. The maximum absolute atomic E-state index is 11.5. The standard InChI is InChI=1S/C17H19NO2/c18-11-16(10-13-7-8-15(16)20-13)17(19)9-3-5-12-4-1-2-6-14(12)17/h1-2,4,6,13,15,19H,3,5,7-10H2. The molecule has 2 aliphatic heterocycles. The predicted octanol–water partition coefficient (Wildman–Crippen LogP) is 2.67. The number of aliphatic hydroxyl groups is 1. The van der Waals surface area contributed by atoms with Crippen LogP contribution >= 0.6 is 0 Å². The normalized spacial score (nSPS) is 42.2. The number of fused-ring (bicyclic) bond motifs is 3. The van der Waals surface area contributed by atoms with Crippen LogP contribution in [0.5, 0.6) is 0 Å². The molecule has 3 heteroatoms. The SMILES string of the molecule is N#CC1(C2(O)CCCc3ccccc32)CC2CCC1O2. The molecule has 3 aliphatic rings. The second kappa shape index (κ2) is 4.07. The lowest BCUT2D eigenvalue weighted by Gasteiger charge is -2.47. The van der Waals surface area contributed by atoms with Gasteiger partial charge in [0.25, 0.3) is 0 Å². The van der Waals surface area contributed by atoms with Gasteiger partial charge in [-0.25, -0.2) is 0 Å². The minimum atomic E-state index is -1.05. The zero-order valence-corrected chi connectivity index (χ0v) is 11.5. The number of aryl methyl sites for hydroxylation is 1. The van der Waals surface area contributed by atoms with Crippen molar-refractivity contribution in [2.45, 2.75) is 56.3 Å². The fraction of sp³-hybridized carbons (Fsp3) is 0.588. The van der Waals surface area contributed by atoms with E-state index < -0.39 is 11.0 Å². The molecule has 0 amide bonds. The summed E-state index contributed by atoms with van der Waals surface area (Å²) in [6.45, 7) is 0. The number of hydrogen-bond donors (Lipinski definition) is 1. The van der Waals surface area contributed by atoms with Gasteiger partial charge < -0.3 is 9.84 Å². The Bertz CT molecular complexity index is 593. The summed E-state index contributed by atoms with van der Waals surface area (Å²) < 4.78 is 5.93. The van der Waals surface area contributed by atoms with Crippen molar-refractivity contribution in [2.24, 2.45) is 5.41 Å². The monoisotopic (exact) mass is 269 g/mol. The van der Waals surface area contributed by atoms with Gasteiger partial charge >= 0.3 is 0 Å². The molecule has 2 saturated heterocycles. The van der Waals surface area contributed by atoms with E-state index in [-0.39, 0.29) is 12.2 Å². The summed E-state index contributed by atoms with van der Waals surface area (Å²) in [5, 5.41) is 21.4. The molecule has 104 valence electrons. The van der Waals surface area contributed by atoms with E-state index in [9.17, 15) is 10.4 Å². The predicted molar refractivity (Wildman–Crippen MR) is 73.8 cm³/mol. The Hall–Kier alpha value is -1.37. The smallest absolute Gasteiger partial charge is 0.119 e. The number of nitrogens with zero attached hydrogens (tertiary/aromatic N) is 1. The summed E-state index contributed by atoms with van der Waals surface area (Å²) in [6, 6.07) is 10.5. The van der Waals surface area contributed by atoms with Gasteiger partial charge in [-0.05, 0) is 49.7 Å². The number of ether oxygens (including phenoxy) is 1. The number of benzene rings is 1. The highest BCUT2D eigenvalue weighted by atomic mass is 16.5. The molecule has 4 atom stereocenters. The van der Waals surface area contributed by atoms with E-state index in [1.165, 1.54) is 5.56 Å². The van der Waals surface area contributed by atoms with Gasteiger partial charge in [-0.2, -0.15) is 5.26 Å². The molecule has 1 aromatic rings. The Kier molecular flexibility index (Phi) is 2.52. The highest BCUT2D eigenvalue weighted by Crippen LogP contribution is 2.59. The second-order valence-corrected chi connectivity index (χ2v) is 6.48. The van der Waals surface area contributed by atoms with Crippen molar-refractivity contribution in [3.8, 4) is 6.07 Å². The molecule has 0 aromatic heterocycles. The van der Waals surface area contributed by atoms with Crippen LogP contribution in [0.25, 0.3) is 0 Å². The molecule has 2 heterocycles. The third-order valence-electron chi connectivity index (χ3n) is 5.59. The van der Waals surface area contributed by atoms with E-state index in [1.54, 1.807) is 0 Å². The molecule has 2 bridgehead atoms. The Labute approximate surface area is 119 Å².